The van der Waals surface area contributed by atoms with E-state index >= 15 is 0 Å². The summed E-state index contributed by atoms with van der Waals surface area (Å²) < 4.78 is 0. The fraction of sp³-hybridized carbons (Fsp3) is 0.267. The summed E-state index contributed by atoms with van der Waals surface area (Å²) in [5.74, 6) is 0. The number of nitrogens with zero attached hydrogens (tertiary/aromatic N) is 2. The van der Waals surface area contributed by atoms with Gasteiger partial charge in [-0.3, -0.25) is 4.98 Å². The monoisotopic (exact) mass is 242 g/mol. The first-order valence-electron chi connectivity index (χ1n) is 6.01. The molecule has 1 atom stereocenters. The number of aromatic nitrogens is 1. The van der Waals surface area contributed by atoms with Crippen molar-refractivity contribution >= 4 is 5.69 Å². The van der Waals surface area contributed by atoms with Crippen molar-refractivity contribution < 1.29 is 5.11 Å². The minimum atomic E-state index is -0.481. The Hall–Kier alpha value is -1.87. The first-order valence-corrected chi connectivity index (χ1v) is 6.01. The summed E-state index contributed by atoms with van der Waals surface area (Å²) in [6.45, 7) is 0. The largest absolute Gasteiger partial charge is 0.388 e. The van der Waals surface area contributed by atoms with Gasteiger partial charge in [-0.25, -0.2) is 0 Å². The molecule has 2 aromatic rings. The zero-order valence-electron chi connectivity index (χ0n) is 10.7. The summed E-state index contributed by atoms with van der Waals surface area (Å²) >= 11 is 0. The Kier molecular flexibility index (Phi) is 3.95. The van der Waals surface area contributed by atoms with E-state index in [2.05, 4.69) is 4.98 Å². The number of hydrogen-bond acceptors (Lipinski definition) is 3. The Bertz CT molecular complexity index is 480. The van der Waals surface area contributed by atoms with Crippen LogP contribution in [-0.4, -0.2) is 24.2 Å². The first kappa shape index (κ1) is 12.6. The fourth-order valence-electron chi connectivity index (χ4n) is 1.85. The van der Waals surface area contributed by atoms with Gasteiger partial charge in [-0.15, -0.1) is 0 Å². The van der Waals surface area contributed by atoms with E-state index < -0.39 is 6.10 Å². The smallest absolute Gasteiger partial charge is 0.0830 e. The van der Waals surface area contributed by atoms with E-state index in [4.69, 9.17) is 0 Å². The Morgan fingerprint density at radius 1 is 1.17 bits per heavy atom. The summed E-state index contributed by atoms with van der Waals surface area (Å²) in [4.78, 5) is 6.09. The van der Waals surface area contributed by atoms with Gasteiger partial charge in [0.25, 0.3) is 0 Å². The molecule has 1 unspecified atom stereocenters. The molecule has 0 aliphatic rings. The van der Waals surface area contributed by atoms with Crippen LogP contribution in [0.15, 0.2) is 48.8 Å². The van der Waals surface area contributed by atoms with Crippen molar-refractivity contribution in [1.82, 2.24) is 4.98 Å². The standard InChI is InChI=1S/C15H18N2O/c1-17(2)14-7-5-13(6-8-14)15(18)10-12-4-3-9-16-11-12/h3-9,11,15,18H,10H2,1-2H3. The van der Waals surface area contributed by atoms with E-state index in [1.807, 2.05) is 55.4 Å². The van der Waals surface area contributed by atoms with E-state index in [1.54, 1.807) is 12.4 Å². The molecule has 1 heterocycles. The second kappa shape index (κ2) is 5.65. The lowest BCUT2D eigenvalue weighted by Crippen LogP contribution is -2.09. The summed E-state index contributed by atoms with van der Waals surface area (Å²) in [7, 11) is 4.00. The van der Waals surface area contributed by atoms with E-state index in [0.29, 0.717) is 6.42 Å². The SMILES string of the molecule is CN(C)c1ccc(C(O)Cc2cccnc2)cc1. The van der Waals surface area contributed by atoms with Gasteiger partial charge in [0.1, 0.15) is 0 Å². The molecule has 18 heavy (non-hydrogen) atoms. The molecule has 0 aliphatic carbocycles. The average molecular weight is 242 g/mol. The van der Waals surface area contributed by atoms with Gasteiger partial charge in [-0.1, -0.05) is 18.2 Å². The molecule has 1 N–H and O–H groups in total. The van der Waals surface area contributed by atoms with E-state index in [1.165, 1.54) is 0 Å². The van der Waals surface area contributed by atoms with Gasteiger partial charge in [0.15, 0.2) is 0 Å². The minimum absolute atomic E-state index is 0.481. The lowest BCUT2D eigenvalue weighted by atomic mass is 10.0. The lowest BCUT2D eigenvalue weighted by Gasteiger charge is -2.15. The number of anilines is 1. The molecule has 0 bridgehead atoms. The third-order valence-corrected chi connectivity index (χ3v) is 2.95. The van der Waals surface area contributed by atoms with Crippen LogP contribution in [0.2, 0.25) is 0 Å². The first-order chi connectivity index (χ1) is 8.66. The van der Waals surface area contributed by atoms with Gasteiger partial charge < -0.3 is 10.0 Å². The second-order valence-electron chi connectivity index (χ2n) is 4.57. The molecule has 1 aromatic carbocycles. The van der Waals surface area contributed by atoms with Crippen LogP contribution in [0.1, 0.15) is 17.2 Å². The molecular formula is C15H18N2O. The average Bonchev–Trinajstić information content (AvgIpc) is 2.40. The molecular weight excluding hydrogens is 224 g/mol. The van der Waals surface area contributed by atoms with Crippen LogP contribution in [0.5, 0.6) is 0 Å². The molecule has 2 rings (SSSR count). The predicted molar refractivity (Wildman–Crippen MR) is 73.7 cm³/mol. The van der Waals surface area contributed by atoms with E-state index in [-0.39, 0.29) is 0 Å². The number of aliphatic hydroxyl groups is 1. The number of hydrogen-bond donors (Lipinski definition) is 1. The topological polar surface area (TPSA) is 36.4 Å². The van der Waals surface area contributed by atoms with Crippen LogP contribution in [-0.2, 0) is 6.42 Å². The van der Waals surface area contributed by atoms with Crippen LogP contribution in [0, 0.1) is 0 Å². The zero-order chi connectivity index (χ0) is 13.0. The third-order valence-electron chi connectivity index (χ3n) is 2.95. The summed E-state index contributed by atoms with van der Waals surface area (Å²) in [5, 5.41) is 10.2. The maximum Gasteiger partial charge on any atom is 0.0830 e. The van der Waals surface area contributed by atoms with E-state index in [0.717, 1.165) is 16.8 Å². The van der Waals surface area contributed by atoms with Crippen molar-refractivity contribution in [1.29, 1.82) is 0 Å². The van der Waals surface area contributed by atoms with Crippen LogP contribution >= 0.6 is 0 Å². The normalized spacial score (nSPS) is 12.2. The van der Waals surface area contributed by atoms with Gasteiger partial charge in [0, 0.05) is 38.6 Å². The zero-order valence-corrected chi connectivity index (χ0v) is 10.7. The van der Waals surface area contributed by atoms with Gasteiger partial charge in [-0.2, -0.15) is 0 Å². The molecule has 1 aromatic heterocycles. The maximum absolute atomic E-state index is 10.2. The quantitative estimate of drug-likeness (QED) is 0.894. The molecule has 94 valence electrons. The van der Waals surface area contributed by atoms with Crippen LogP contribution in [0.4, 0.5) is 5.69 Å². The van der Waals surface area contributed by atoms with Crippen molar-refractivity contribution in [2.45, 2.75) is 12.5 Å². The summed E-state index contributed by atoms with van der Waals surface area (Å²) in [6.07, 6.45) is 3.64. The maximum atomic E-state index is 10.2. The van der Waals surface area contributed by atoms with Crippen molar-refractivity contribution in [3.8, 4) is 0 Å². The lowest BCUT2D eigenvalue weighted by molar-refractivity contribution is 0.178. The number of pyridine rings is 1. The Morgan fingerprint density at radius 3 is 2.44 bits per heavy atom. The van der Waals surface area contributed by atoms with Gasteiger partial charge in [0.05, 0.1) is 6.10 Å². The molecule has 0 saturated heterocycles. The van der Waals surface area contributed by atoms with Crippen LogP contribution in [0.3, 0.4) is 0 Å². The molecule has 0 spiro atoms. The van der Waals surface area contributed by atoms with Crippen LogP contribution in [0.25, 0.3) is 0 Å². The summed E-state index contributed by atoms with van der Waals surface area (Å²) in [5.41, 5.74) is 3.11. The molecule has 3 heteroatoms. The predicted octanol–water partition coefficient (Wildman–Crippen LogP) is 2.42. The number of rotatable bonds is 4. The van der Waals surface area contributed by atoms with Crippen molar-refractivity contribution in [2.24, 2.45) is 0 Å². The highest BCUT2D eigenvalue weighted by molar-refractivity contribution is 5.46. The molecule has 0 saturated carbocycles. The van der Waals surface area contributed by atoms with Gasteiger partial charge in [-0.05, 0) is 29.3 Å². The van der Waals surface area contributed by atoms with Crippen molar-refractivity contribution in [3.63, 3.8) is 0 Å². The number of benzene rings is 1. The molecule has 3 nitrogen and oxygen atoms in total. The Morgan fingerprint density at radius 2 is 1.89 bits per heavy atom. The second-order valence-corrected chi connectivity index (χ2v) is 4.57. The summed E-state index contributed by atoms with van der Waals surface area (Å²) in [6, 6.07) is 11.8. The Labute approximate surface area is 108 Å². The van der Waals surface area contributed by atoms with Crippen molar-refractivity contribution in [2.75, 3.05) is 19.0 Å². The van der Waals surface area contributed by atoms with Gasteiger partial charge >= 0.3 is 0 Å². The van der Waals surface area contributed by atoms with Gasteiger partial charge in [0.2, 0.25) is 0 Å². The fourth-order valence-corrected chi connectivity index (χ4v) is 1.85. The molecule has 0 amide bonds. The molecule has 0 aliphatic heterocycles. The van der Waals surface area contributed by atoms with Crippen LogP contribution < -0.4 is 4.90 Å². The highest BCUT2D eigenvalue weighted by atomic mass is 16.3. The van der Waals surface area contributed by atoms with E-state index in [9.17, 15) is 5.11 Å². The molecule has 0 fully saturated rings. The molecule has 0 radical (unpaired) electrons. The third kappa shape index (κ3) is 3.08. The number of aliphatic hydroxyl groups excluding tert-OH is 1. The minimum Gasteiger partial charge on any atom is -0.388 e. The van der Waals surface area contributed by atoms with Crippen molar-refractivity contribution in [3.05, 3.63) is 59.9 Å². The highest BCUT2D eigenvalue weighted by Gasteiger charge is 2.08. The highest BCUT2D eigenvalue weighted by Crippen LogP contribution is 2.20. The Balaban J connectivity index is 2.07.